The lowest BCUT2D eigenvalue weighted by Crippen LogP contribution is -2.20. The minimum absolute atomic E-state index is 0.00895. The van der Waals surface area contributed by atoms with Crippen molar-refractivity contribution < 1.29 is 5.11 Å². The van der Waals surface area contributed by atoms with Gasteiger partial charge in [-0.15, -0.1) is 0 Å². The molecule has 0 saturated heterocycles. The Morgan fingerprint density at radius 2 is 1.69 bits per heavy atom. The van der Waals surface area contributed by atoms with Crippen LogP contribution in [0.5, 0.6) is 0 Å². The van der Waals surface area contributed by atoms with Gasteiger partial charge in [0, 0.05) is 32.8 Å². The zero-order chi connectivity index (χ0) is 20.6. The molecule has 9 heteroatoms. The van der Waals surface area contributed by atoms with E-state index < -0.39 is 0 Å². The van der Waals surface area contributed by atoms with Gasteiger partial charge in [0.1, 0.15) is 11.6 Å². The largest absolute Gasteiger partial charge is 0.394 e. The molecule has 0 spiro atoms. The minimum Gasteiger partial charge on any atom is -0.394 e. The highest BCUT2D eigenvalue weighted by molar-refractivity contribution is 8.00. The molecule has 0 aliphatic rings. The van der Waals surface area contributed by atoms with Crippen LogP contribution in [-0.2, 0) is 5.75 Å². The number of thioether (sulfide) groups is 1. The second kappa shape index (κ2) is 10.9. The predicted octanol–water partition coefficient (Wildman–Crippen LogP) is 5.99. The van der Waals surface area contributed by atoms with Crippen LogP contribution in [0, 0.1) is 0 Å². The van der Waals surface area contributed by atoms with E-state index in [2.05, 4.69) is 32.1 Å². The van der Waals surface area contributed by atoms with Gasteiger partial charge in [-0.1, -0.05) is 65.3 Å². The standard InChI is InChI=1S/C20H20Cl2N4OS2/c1-13(11-27)23-18-10-19(26-29-17-8-15(21)7-16(22)9-17)25-20(24-18)28-12-14-5-3-2-4-6-14/h2-10,13,27H,11-12H2,1H3,(H2,23,24,25,26)/t13-/m1/s1. The van der Waals surface area contributed by atoms with Gasteiger partial charge in [0.05, 0.1) is 6.61 Å². The van der Waals surface area contributed by atoms with Crippen molar-refractivity contribution in [2.24, 2.45) is 0 Å². The molecule has 3 N–H and O–H groups in total. The van der Waals surface area contributed by atoms with Crippen molar-refractivity contribution >= 4 is 58.5 Å². The highest BCUT2D eigenvalue weighted by atomic mass is 35.5. The van der Waals surface area contributed by atoms with Crippen LogP contribution in [0.4, 0.5) is 11.6 Å². The lowest BCUT2D eigenvalue weighted by atomic mass is 10.2. The van der Waals surface area contributed by atoms with Crippen molar-refractivity contribution in [3.8, 4) is 0 Å². The summed E-state index contributed by atoms with van der Waals surface area (Å²) >= 11 is 15.0. The molecule has 0 fully saturated rings. The van der Waals surface area contributed by atoms with Crippen LogP contribution in [0.2, 0.25) is 10.0 Å². The number of nitrogens with zero attached hydrogens (tertiary/aromatic N) is 2. The SMILES string of the molecule is C[C@H](CO)Nc1cc(NSc2cc(Cl)cc(Cl)c2)nc(SCc2ccccc2)n1. The van der Waals surface area contributed by atoms with Crippen LogP contribution in [0.3, 0.4) is 0 Å². The summed E-state index contributed by atoms with van der Waals surface area (Å²) in [6, 6.07) is 17.2. The number of rotatable bonds is 9. The molecular formula is C20H20Cl2N4OS2. The van der Waals surface area contributed by atoms with Crippen LogP contribution >= 0.6 is 46.9 Å². The third-order valence-electron chi connectivity index (χ3n) is 3.69. The Balaban J connectivity index is 1.75. The van der Waals surface area contributed by atoms with Gasteiger partial charge in [0.2, 0.25) is 0 Å². The number of nitrogens with one attached hydrogen (secondary N) is 2. The Morgan fingerprint density at radius 1 is 1.00 bits per heavy atom. The number of aromatic nitrogens is 2. The fourth-order valence-corrected chi connectivity index (χ4v) is 4.50. The molecule has 3 rings (SSSR count). The number of anilines is 2. The maximum absolute atomic E-state index is 9.33. The van der Waals surface area contributed by atoms with Crippen molar-refractivity contribution in [3.05, 3.63) is 70.2 Å². The molecule has 0 aliphatic heterocycles. The molecule has 0 aliphatic carbocycles. The van der Waals surface area contributed by atoms with E-state index in [9.17, 15) is 5.11 Å². The lowest BCUT2D eigenvalue weighted by Gasteiger charge is -2.14. The van der Waals surface area contributed by atoms with Crippen LogP contribution in [0.25, 0.3) is 0 Å². The van der Waals surface area contributed by atoms with Gasteiger partial charge in [-0.2, -0.15) is 0 Å². The average molecular weight is 467 g/mol. The molecule has 0 amide bonds. The molecule has 1 aromatic heterocycles. The highest BCUT2D eigenvalue weighted by Crippen LogP contribution is 2.29. The normalized spacial score (nSPS) is 11.9. The summed E-state index contributed by atoms with van der Waals surface area (Å²) in [5.41, 5.74) is 1.20. The van der Waals surface area contributed by atoms with Gasteiger partial charge in [0.25, 0.3) is 0 Å². The first-order valence-electron chi connectivity index (χ1n) is 8.84. The first-order valence-corrected chi connectivity index (χ1v) is 11.4. The molecule has 0 radical (unpaired) electrons. The van der Waals surface area contributed by atoms with Crippen molar-refractivity contribution in [1.82, 2.24) is 9.97 Å². The van der Waals surface area contributed by atoms with Gasteiger partial charge in [-0.05, 0) is 42.6 Å². The summed E-state index contributed by atoms with van der Waals surface area (Å²) in [5.74, 6) is 2.05. The van der Waals surface area contributed by atoms with E-state index >= 15 is 0 Å². The summed E-state index contributed by atoms with van der Waals surface area (Å²) in [5, 5.41) is 14.3. The van der Waals surface area contributed by atoms with Gasteiger partial charge >= 0.3 is 0 Å². The second-order valence-corrected chi connectivity index (χ2v) is 8.93. The lowest BCUT2D eigenvalue weighted by molar-refractivity contribution is 0.281. The Labute approximate surface area is 188 Å². The average Bonchev–Trinajstić information content (AvgIpc) is 2.71. The molecule has 3 aromatic rings. The maximum atomic E-state index is 9.33. The molecule has 152 valence electrons. The number of halogens is 2. The van der Waals surface area contributed by atoms with Crippen molar-refractivity contribution in [2.45, 2.75) is 28.8 Å². The molecule has 2 aromatic carbocycles. The molecule has 1 atom stereocenters. The number of benzene rings is 2. The second-order valence-electron chi connectivity index (χ2n) is 6.23. The predicted molar refractivity (Wildman–Crippen MR) is 124 cm³/mol. The Morgan fingerprint density at radius 3 is 2.38 bits per heavy atom. The van der Waals surface area contributed by atoms with Gasteiger partial charge in [0.15, 0.2) is 5.16 Å². The number of aliphatic hydroxyl groups excluding tert-OH is 1. The van der Waals surface area contributed by atoms with Crippen LogP contribution in [-0.4, -0.2) is 27.7 Å². The Hall–Kier alpha value is -1.64. The quantitative estimate of drug-likeness (QED) is 0.203. The van der Waals surface area contributed by atoms with Gasteiger partial charge < -0.3 is 15.1 Å². The van der Waals surface area contributed by atoms with Crippen LogP contribution in [0.15, 0.2) is 64.6 Å². The molecule has 29 heavy (non-hydrogen) atoms. The topological polar surface area (TPSA) is 70.1 Å². The van der Waals surface area contributed by atoms with Crippen molar-refractivity contribution in [3.63, 3.8) is 0 Å². The maximum Gasteiger partial charge on any atom is 0.191 e. The van der Waals surface area contributed by atoms with Crippen LogP contribution in [0.1, 0.15) is 12.5 Å². The van der Waals surface area contributed by atoms with E-state index in [1.165, 1.54) is 17.5 Å². The number of aliphatic hydroxyl groups is 1. The Bertz CT molecular complexity index is 927. The van der Waals surface area contributed by atoms with E-state index in [4.69, 9.17) is 23.2 Å². The Kier molecular flexibility index (Phi) is 8.32. The number of hydrogen-bond donors (Lipinski definition) is 3. The van der Waals surface area contributed by atoms with Crippen LogP contribution < -0.4 is 10.0 Å². The first-order chi connectivity index (χ1) is 14.0. The van der Waals surface area contributed by atoms with E-state index in [-0.39, 0.29) is 12.6 Å². The molecular weight excluding hydrogens is 447 g/mol. The zero-order valence-electron chi connectivity index (χ0n) is 15.6. The fourth-order valence-electron chi connectivity index (χ4n) is 2.33. The van der Waals surface area contributed by atoms with Gasteiger partial charge in [-0.3, -0.25) is 0 Å². The third-order valence-corrected chi connectivity index (χ3v) is 5.83. The summed E-state index contributed by atoms with van der Waals surface area (Å²) in [7, 11) is 0. The molecule has 0 saturated carbocycles. The van der Waals surface area contributed by atoms with Crippen molar-refractivity contribution in [2.75, 3.05) is 16.6 Å². The molecule has 5 nitrogen and oxygen atoms in total. The smallest absolute Gasteiger partial charge is 0.191 e. The van der Waals surface area contributed by atoms with E-state index in [1.54, 1.807) is 23.9 Å². The summed E-state index contributed by atoms with van der Waals surface area (Å²) in [4.78, 5) is 10.0. The van der Waals surface area contributed by atoms with E-state index in [0.717, 1.165) is 10.6 Å². The first kappa shape index (κ1) is 22.1. The minimum atomic E-state index is -0.121. The molecule has 0 bridgehead atoms. The summed E-state index contributed by atoms with van der Waals surface area (Å²) in [6.45, 7) is 1.89. The number of hydrogen-bond acceptors (Lipinski definition) is 7. The van der Waals surface area contributed by atoms with Crippen molar-refractivity contribution in [1.29, 1.82) is 0 Å². The monoisotopic (exact) mass is 466 g/mol. The highest BCUT2D eigenvalue weighted by Gasteiger charge is 2.09. The zero-order valence-corrected chi connectivity index (χ0v) is 18.7. The summed E-state index contributed by atoms with van der Waals surface area (Å²) in [6.07, 6.45) is 0. The van der Waals surface area contributed by atoms with E-state index in [1.807, 2.05) is 37.3 Å². The molecule has 0 unspecified atom stereocenters. The van der Waals surface area contributed by atoms with E-state index in [0.29, 0.717) is 26.8 Å². The molecule has 1 heterocycles. The van der Waals surface area contributed by atoms with Gasteiger partial charge in [-0.25, -0.2) is 9.97 Å². The fraction of sp³-hybridized carbons (Fsp3) is 0.200. The third kappa shape index (κ3) is 7.28. The summed E-state index contributed by atoms with van der Waals surface area (Å²) < 4.78 is 3.22.